The molecule has 0 fully saturated rings. The van der Waals surface area contributed by atoms with Gasteiger partial charge in [-0.25, -0.2) is 4.39 Å². The van der Waals surface area contributed by atoms with Gasteiger partial charge >= 0.3 is 0 Å². The molecule has 1 aromatic rings. The number of hydrogen-bond acceptors (Lipinski definition) is 2. The lowest BCUT2D eigenvalue weighted by Crippen LogP contribution is -1.95. The lowest BCUT2D eigenvalue weighted by atomic mass is 9.97. The maximum absolute atomic E-state index is 12.7. The SMILES string of the molecule is CC(CC=O)c1cc(F)ccc1O. The van der Waals surface area contributed by atoms with Crippen LogP contribution in [0.4, 0.5) is 4.39 Å². The first-order valence-electron chi connectivity index (χ1n) is 4.07. The Kier molecular flexibility index (Phi) is 3.01. The van der Waals surface area contributed by atoms with Crippen molar-refractivity contribution in [2.45, 2.75) is 19.3 Å². The molecule has 0 saturated heterocycles. The molecule has 1 aromatic carbocycles. The molecule has 3 heteroatoms. The molecule has 0 spiro atoms. The Labute approximate surface area is 76.0 Å². The average Bonchev–Trinajstić information content (AvgIpc) is 2.09. The third-order valence-electron chi connectivity index (χ3n) is 1.97. The Morgan fingerprint density at radius 2 is 2.31 bits per heavy atom. The van der Waals surface area contributed by atoms with Crippen LogP contribution in [0.15, 0.2) is 18.2 Å². The van der Waals surface area contributed by atoms with Crippen molar-refractivity contribution in [3.05, 3.63) is 29.6 Å². The van der Waals surface area contributed by atoms with Crippen LogP contribution in [0.25, 0.3) is 0 Å². The van der Waals surface area contributed by atoms with Crippen LogP contribution >= 0.6 is 0 Å². The van der Waals surface area contributed by atoms with Gasteiger partial charge in [0.2, 0.25) is 0 Å². The third-order valence-corrected chi connectivity index (χ3v) is 1.97. The van der Waals surface area contributed by atoms with Crippen LogP contribution < -0.4 is 0 Å². The van der Waals surface area contributed by atoms with Gasteiger partial charge < -0.3 is 9.90 Å². The van der Waals surface area contributed by atoms with Crippen LogP contribution in [0.1, 0.15) is 24.8 Å². The highest BCUT2D eigenvalue weighted by atomic mass is 19.1. The maximum atomic E-state index is 12.7. The zero-order valence-corrected chi connectivity index (χ0v) is 7.33. The van der Waals surface area contributed by atoms with Gasteiger partial charge in [-0.2, -0.15) is 0 Å². The Morgan fingerprint density at radius 3 is 2.92 bits per heavy atom. The highest BCUT2D eigenvalue weighted by Crippen LogP contribution is 2.27. The molecule has 0 bridgehead atoms. The van der Waals surface area contributed by atoms with Crippen molar-refractivity contribution in [1.82, 2.24) is 0 Å². The van der Waals surface area contributed by atoms with Crippen molar-refractivity contribution in [2.75, 3.05) is 0 Å². The van der Waals surface area contributed by atoms with Crippen molar-refractivity contribution in [3.63, 3.8) is 0 Å². The summed E-state index contributed by atoms with van der Waals surface area (Å²) in [5, 5.41) is 9.35. The first kappa shape index (κ1) is 9.71. The molecular weight excluding hydrogens is 171 g/mol. The molecule has 1 N–H and O–H groups in total. The van der Waals surface area contributed by atoms with Gasteiger partial charge in [-0.15, -0.1) is 0 Å². The van der Waals surface area contributed by atoms with E-state index in [1.807, 2.05) is 0 Å². The van der Waals surface area contributed by atoms with Gasteiger partial charge in [0.1, 0.15) is 17.9 Å². The number of carbonyl (C=O) groups excluding carboxylic acids is 1. The zero-order chi connectivity index (χ0) is 9.84. The zero-order valence-electron chi connectivity index (χ0n) is 7.33. The molecule has 0 aliphatic carbocycles. The number of phenols is 1. The van der Waals surface area contributed by atoms with Crippen molar-refractivity contribution >= 4 is 6.29 Å². The molecule has 0 heterocycles. The fourth-order valence-corrected chi connectivity index (χ4v) is 1.19. The van der Waals surface area contributed by atoms with Gasteiger partial charge in [0, 0.05) is 6.42 Å². The topological polar surface area (TPSA) is 37.3 Å². The summed E-state index contributed by atoms with van der Waals surface area (Å²) in [6.07, 6.45) is 1.05. The second-order valence-electron chi connectivity index (χ2n) is 3.01. The summed E-state index contributed by atoms with van der Waals surface area (Å²) in [4.78, 5) is 10.2. The number of carbonyl (C=O) groups is 1. The minimum atomic E-state index is -0.398. The van der Waals surface area contributed by atoms with Crippen LogP contribution in [0.3, 0.4) is 0 Å². The van der Waals surface area contributed by atoms with Crippen LogP contribution in [0, 0.1) is 5.82 Å². The summed E-state index contributed by atoms with van der Waals surface area (Å²) >= 11 is 0. The third kappa shape index (κ3) is 2.28. The van der Waals surface area contributed by atoms with Crippen LogP contribution in [0.5, 0.6) is 5.75 Å². The van der Waals surface area contributed by atoms with Gasteiger partial charge in [-0.1, -0.05) is 6.92 Å². The predicted molar refractivity (Wildman–Crippen MR) is 47.2 cm³/mol. The van der Waals surface area contributed by atoms with Gasteiger partial charge in [0.05, 0.1) is 0 Å². The first-order valence-corrected chi connectivity index (χ1v) is 4.07. The van der Waals surface area contributed by atoms with E-state index in [1.165, 1.54) is 18.2 Å². The number of benzene rings is 1. The van der Waals surface area contributed by atoms with Crippen molar-refractivity contribution in [3.8, 4) is 5.75 Å². The largest absolute Gasteiger partial charge is 0.508 e. The standard InChI is InChI=1S/C10H11FO2/c1-7(4-5-12)9-6-8(11)2-3-10(9)13/h2-3,5-7,13H,4H2,1H3. The van der Waals surface area contributed by atoms with Gasteiger partial charge in [0.25, 0.3) is 0 Å². The Balaban J connectivity index is 2.97. The Bertz CT molecular complexity index is 310. The number of hydrogen-bond donors (Lipinski definition) is 1. The van der Waals surface area contributed by atoms with E-state index >= 15 is 0 Å². The minimum Gasteiger partial charge on any atom is -0.508 e. The number of phenolic OH excluding ortho intramolecular Hbond substituents is 1. The van der Waals surface area contributed by atoms with Gasteiger partial charge in [-0.3, -0.25) is 0 Å². The van der Waals surface area contributed by atoms with E-state index in [4.69, 9.17) is 0 Å². The van der Waals surface area contributed by atoms with Crippen molar-refractivity contribution < 1.29 is 14.3 Å². The smallest absolute Gasteiger partial charge is 0.123 e. The van der Waals surface area contributed by atoms with Crippen LogP contribution in [0.2, 0.25) is 0 Å². The highest BCUT2D eigenvalue weighted by molar-refractivity contribution is 5.52. The normalized spacial score (nSPS) is 12.5. The lowest BCUT2D eigenvalue weighted by Gasteiger charge is -2.09. The van der Waals surface area contributed by atoms with Crippen molar-refractivity contribution in [2.24, 2.45) is 0 Å². The monoisotopic (exact) mass is 182 g/mol. The number of rotatable bonds is 3. The van der Waals surface area contributed by atoms with E-state index in [0.717, 1.165) is 6.29 Å². The first-order chi connectivity index (χ1) is 6.15. The summed E-state index contributed by atoms with van der Waals surface area (Å²) in [6, 6.07) is 3.74. The average molecular weight is 182 g/mol. The molecule has 0 aromatic heterocycles. The summed E-state index contributed by atoms with van der Waals surface area (Å²) in [6.45, 7) is 1.77. The van der Waals surface area contributed by atoms with E-state index in [0.29, 0.717) is 5.56 Å². The molecule has 2 nitrogen and oxygen atoms in total. The molecule has 70 valence electrons. The van der Waals surface area contributed by atoms with Crippen molar-refractivity contribution in [1.29, 1.82) is 0 Å². The van der Waals surface area contributed by atoms with E-state index in [2.05, 4.69) is 0 Å². The van der Waals surface area contributed by atoms with E-state index in [-0.39, 0.29) is 18.1 Å². The van der Waals surface area contributed by atoms with Crippen LogP contribution in [-0.4, -0.2) is 11.4 Å². The van der Waals surface area contributed by atoms with E-state index < -0.39 is 5.82 Å². The molecule has 0 saturated carbocycles. The van der Waals surface area contributed by atoms with Gasteiger partial charge in [0.15, 0.2) is 0 Å². The quantitative estimate of drug-likeness (QED) is 0.728. The fraction of sp³-hybridized carbons (Fsp3) is 0.300. The molecular formula is C10H11FO2. The van der Waals surface area contributed by atoms with E-state index in [1.54, 1.807) is 6.92 Å². The molecule has 0 aliphatic rings. The minimum absolute atomic E-state index is 0.0377. The van der Waals surface area contributed by atoms with E-state index in [9.17, 15) is 14.3 Å². The van der Waals surface area contributed by atoms with Gasteiger partial charge in [-0.05, 0) is 29.7 Å². The maximum Gasteiger partial charge on any atom is 0.123 e. The molecule has 0 amide bonds. The number of aromatic hydroxyl groups is 1. The molecule has 1 unspecified atom stereocenters. The Hall–Kier alpha value is -1.38. The summed E-state index contributed by atoms with van der Waals surface area (Å²) in [7, 11) is 0. The summed E-state index contributed by atoms with van der Waals surface area (Å²) in [5.41, 5.74) is 0.479. The summed E-state index contributed by atoms with van der Waals surface area (Å²) in [5.74, 6) is -0.505. The number of halogens is 1. The second-order valence-corrected chi connectivity index (χ2v) is 3.01. The molecule has 13 heavy (non-hydrogen) atoms. The molecule has 1 rings (SSSR count). The number of aldehydes is 1. The lowest BCUT2D eigenvalue weighted by molar-refractivity contribution is -0.108. The Morgan fingerprint density at radius 1 is 1.62 bits per heavy atom. The molecule has 0 radical (unpaired) electrons. The fourth-order valence-electron chi connectivity index (χ4n) is 1.19. The molecule has 1 atom stereocenters. The molecule has 0 aliphatic heterocycles. The second kappa shape index (κ2) is 4.03. The predicted octanol–water partition coefficient (Wildman–Crippen LogP) is 2.22. The highest BCUT2D eigenvalue weighted by Gasteiger charge is 2.10. The van der Waals surface area contributed by atoms with Crippen LogP contribution in [-0.2, 0) is 4.79 Å². The summed E-state index contributed by atoms with van der Waals surface area (Å²) < 4.78 is 12.7.